The van der Waals surface area contributed by atoms with E-state index in [0.29, 0.717) is 28.3 Å². The number of ketones is 1. The van der Waals surface area contributed by atoms with Crippen LogP contribution in [0.25, 0.3) is 6.08 Å². The average molecular weight is 410 g/mol. The summed E-state index contributed by atoms with van der Waals surface area (Å²) < 4.78 is 15.0. The number of nitrogen functional groups attached to an aromatic ring is 2. The molecule has 2 aromatic carbocycles. The molecule has 8 heteroatoms. The van der Waals surface area contributed by atoms with Crippen LogP contribution in [0.15, 0.2) is 60.7 Å². The van der Waals surface area contributed by atoms with Gasteiger partial charge in [0.2, 0.25) is 0 Å². The van der Waals surface area contributed by atoms with Crippen molar-refractivity contribution in [2.75, 3.05) is 24.9 Å². The van der Waals surface area contributed by atoms with Crippen LogP contribution in [-0.4, -0.2) is 31.1 Å². The first-order valence-electron chi connectivity index (χ1n) is 8.84. The molecule has 0 saturated carbocycles. The first-order chi connectivity index (χ1) is 14.2. The summed E-state index contributed by atoms with van der Waals surface area (Å²) in [4.78, 5) is 35.1. The maximum atomic E-state index is 12.2. The van der Waals surface area contributed by atoms with Gasteiger partial charge in [0.05, 0.1) is 5.56 Å². The summed E-state index contributed by atoms with van der Waals surface area (Å²) >= 11 is 0. The summed E-state index contributed by atoms with van der Waals surface area (Å²) in [5.74, 6) is -1.17. The van der Waals surface area contributed by atoms with Gasteiger partial charge < -0.3 is 25.7 Å². The highest BCUT2D eigenvalue weighted by Gasteiger charge is 2.10. The molecule has 0 aliphatic rings. The summed E-state index contributed by atoms with van der Waals surface area (Å²) in [6.45, 7) is 4.52. The van der Waals surface area contributed by atoms with Gasteiger partial charge in [-0.05, 0) is 54.5 Å². The number of hydrogen-bond donors (Lipinski definition) is 2. The summed E-state index contributed by atoms with van der Waals surface area (Å²) in [6, 6.07) is 10.9. The highest BCUT2D eigenvalue weighted by Crippen LogP contribution is 2.18. The third-order valence-corrected chi connectivity index (χ3v) is 3.71. The van der Waals surface area contributed by atoms with E-state index in [4.69, 9.17) is 25.7 Å². The fourth-order valence-electron chi connectivity index (χ4n) is 2.18. The second-order valence-electron chi connectivity index (χ2n) is 6.31. The maximum absolute atomic E-state index is 12.2. The summed E-state index contributed by atoms with van der Waals surface area (Å²) in [5.41, 5.74) is 13.4. The van der Waals surface area contributed by atoms with Crippen molar-refractivity contribution in [3.8, 4) is 5.75 Å². The Kier molecular flexibility index (Phi) is 7.90. The summed E-state index contributed by atoms with van der Waals surface area (Å²) in [5, 5.41) is 0. The van der Waals surface area contributed by atoms with Gasteiger partial charge in [-0.15, -0.1) is 0 Å². The molecule has 0 bridgehead atoms. The number of esters is 2. The van der Waals surface area contributed by atoms with Gasteiger partial charge >= 0.3 is 11.9 Å². The number of hydrogen-bond acceptors (Lipinski definition) is 8. The smallest absolute Gasteiger partial charge is 0.343 e. The molecule has 4 N–H and O–H groups in total. The Balaban J connectivity index is 1.83. The van der Waals surface area contributed by atoms with Crippen LogP contribution >= 0.6 is 0 Å². The normalized spacial score (nSPS) is 10.6. The van der Waals surface area contributed by atoms with Crippen LogP contribution in [0.5, 0.6) is 5.75 Å². The molecule has 0 saturated heterocycles. The minimum atomic E-state index is -0.632. The van der Waals surface area contributed by atoms with Crippen LogP contribution in [0.3, 0.4) is 0 Å². The third kappa shape index (κ3) is 7.25. The molecular formula is C22H22N2O6. The number of ether oxygens (including phenoxy) is 3. The van der Waals surface area contributed by atoms with E-state index in [1.54, 1.807) is 31.2 Å². The number of carbonyl (C=O) groups excluding carboxylic acids is 3. The molecule has 0 amide bonds. The molecule has 30 heavy (non-hydrogen) atoms. The summed E-state index contributed by atoms with van der Waals surface area (Å²) in [6.07, 6.45) is 2.73. The maximum Gasteiger partial charge on any atom is 0.343 e. The van der Waals surface area contributed by atoms with E-state index in [0.717, 1.165) is 0 Å². The Morgan fingerprint density at radius 2 is 1.67 bits per heavy atom. The van der Waals surface area contributed by atoms with Gasteiger partial charge in [0.15, 0.2) is 12.6 Å². The van der Waals surface area contributed by atoms with Crippen molar-refractivity contribution in [3.63, 3.8) is 0 Å². The van der Waals surface area contributed by atoms with Gasteiger partial charge in [-0.25, -0.2) is 9.59 Å². The van der Waals surface area contributed by atoms with Crippen molar-refractivity contribution in [2.45, 2.75) is 6.92 Å². The van der Waals surface area contributed by atoms with E-state index in [1.807, 2.05) is 0 Å². The van der Waals surface area contributed by atoms with Gasteiger partial charge in [0.25, 0.3) is 0 Å². The van der Waals surface area contributed by atoms with Crippen LogP contribution in [0.2, 0.25) is 0 Å². The molecule has 0 aliphatic carbocycles. The molecule has 2 aromatic rings. The number of nitrogens with two attached hydrogens (primary N) is 2. The fourth-order valence-corrected chi connectivity index (χ4v) is 2.18. The molecule has 0 unspecified atom stereocenters. The van der Waals surface area contributed by atoms with Crippen molar-refractivity contribution in [3.05, 3.63) is 71.8 Å². The van der Waals surface area contributed by atoms with Gasteiger partial charge in [0, 0.05) is 17.5 Å². The molecule has 0 heterocycles. The lowest BCUT2D eigenvalue weighted by Gasteiger charge is -2.06. The zero-order valence-corrected chi connectivity index (χ0v) is 16.4. The van der Waals surface area contributed by atoms with E-state index < -0.39 is 11.9 Å². The van der Waals surface area contributed by atoms with Crippen molar-refractivity contribution >= 4 is 35.2 Å². The Hall–Kier alpha value is -3.91. The van der Waals surface area contributed by atoms with Crippen LogP contribution in [0.4, 0.5) is 11.4 Å². The summed E-state index contributed by atoms with van der Waals surface area (Å²) in [7, 11) is 0. The van der Waals surface area contributed by atoms with E-state index in [9.17, 15) is 14.4 Å². The monoisotopic (exact) mass is 410 g/mol. The predicted molar refractivity (Wildman–Crippen MR) is 112 cm³/mol. The van der Waals surface area contributed by atoms with Gasteiger partial charge in [0.1, 0.15) is 12.4 Å². The SMILES string of the molecule is C=C(C)C(=O)COCOC(=O)/C=C/c1ccc(OC(=O)c2cc(N)cc(N)c2)cc1. The van der Waals surface area contributed by atoms with Gasteiger partial charge in [-0.2, -0.15) is 0 Å². The minimum Gasteiger partial charge on any atom is -0.435 e. The molecule has 0 atom stereocenters. The number of anilines is 2. The third-order valence-electron chi connectivity index (χ3n) is 3.71. The van der Waals surface area contributed by atoms with Gasteiger partial charge in [-0.3, -0.25) is 4.79 Å². The molecule has 156 valence electrons. The standard InChI is InChI=1S/C22H22N2O6/c1-14(2)20(25)12-28-13-29-21(26)8-5-15-3-6-19(7-4-15)30-22(27)16-9-17(23)11-18(24)10-16/h3-11H,1,12-13,23-24H2,2H3/b8-5+. The zero-order valence-electron chi connectivity index (χ0n) is 16.4. The number of Topliss-reactive ketones (excluding diaryl/α,β-unsaturated/α-hetero) is 1. The molecule has 2 rings (SSSR count). The number of benzene rings is 2. The van der Waals surface area contributed by atoms with Crippen LogP contribution < -0.4 is 16.2 Å². The molecule has 0 aromatic heterocycles. The van der Waals surface area contributed by atoms with Crippen molar-refractivity contribution in [2.24, 2.45) is 0 Å². The van der Waals surface area contributed by atoms with Crippen LogP contribution in [0.1, 0.15) is 22.8 Å². The molecule has 0 radical (unpaired) electrons. The van der Waals surface area contributed by atoms with E-state index in [2.05, 4.69) is 6.58 Å². The quantitative estimate of drug-likeness (QED) is 0.161. The van der Waals surface area contributed by atoms with E-state index in [1.165, 1.54) is 30.4 Å². The predicted octanol–water partition coefficient (Wildman–Crippen LogP) is 2.75. The van der Waals surface area contributed by atoms with Crippen molar-refractivity contribution < 1.29 is 28.6 Å². The molecular weight excluding hydrogens is 388 g/mol. The molecule has 0 aliphatic heterocycles. The lowest BCUT2D eigenvalue weighted by molar-refractivity contribution is -0.152. The van der Waals surface area contributed by atoms with Crippen molar-refractivity contribution in [1.29, 1.82) is 0 Å². The van der Waals surface area contributed by atoms with E-state index in [-0.39, 0.29) is 24.7 Å². The van der Waals surface area contributed by atoms with Gasteiger partial charge in [-0.1, -0.05) is 18.7 Å². The van der Waals surface area contributed by atoms with Crippen LogP contribution in [-0.2, 0) is 19.1 Å². The molecule has 0 fully saturated rings. The topological polar surface area (TPSA) is 131 Å². The van der Waals surface area contributed by atoms with Crippen LogP contribution in [0, 0.1) is 0 Å². The van der Waals surface area contributed by atoms with Crippen molar-refractivity contribution in [1.82, 2.24) is 0 Å². The second-order valence-corrected chi connectivity index (χ2v) is 6.31. The molecule has 8 nitrogen and oxygen atoms in total. The lowest BCUT2D eigenvalue weighted by atomic mass is 10.1. The Bertz CT molecular complexity index is 959. The fraction of sp³-hybridized carbons (Fsp3) is 0.136. The lowest BCUT2D eigenvalue weighted by Crippen LogP contribution is -2.13. The van der Waals surface area contributed by atoms with E-state index >= 15 is 0 Å². The number of carbonyl (C=O) groups is 3. The largest absolute Gasteiger partial charge is 0.435 e. The molecule has 0 spiro atoms. The minimum absolute atomic E-state index is 0.200. The number of rotatable bonds is 9. The highest BCUT2D eigenvalue weighted by molar-refractivity contribution is 5.95. The second kappa shape index (κ2) is 10.6. The Labute approximate surface area is 173 Å². The Morgan fingerprint density at radius 3 is 2.27 bits per heavy atom. The average Bonchev–Trinajstić information content (AvgIpc) is 2.69. The zero-order chi connectivity index (χ0) is 22.1. The first kappa shape index (κ1) is 22.4. The Morgan fingerprint density at radius 1 is 1.03 bits per heavy atom. The first-order valence-corrected chi connectivity index (χ1v) is 8.84. The highest BCUT2D eigenvalue weighted by atomic mass is 16.7.